The Morgan fingerprint density at radius 2 is 2.06 bits per heavy atom. The van der Waals surface area contributed by atoms with Crippen molar-refractivity contribution in [2.75, 3.05) is 6.54 Å². The minimum atomic E-state index is 0.794. The van der Waals surface area contributed by atoms with Crippen LogP contribution in [0.1, 0.15) is 24.7 Å². The summed E-state index contributed by atoms with van der Waals surface area (Å²) in [5.74, 6) is 1.01. The second-order valence-corrected chi connectivity index (χ2v) is 4.30. The Morgan fingerprint density at radius 3 is 2.83 bits per heavy atom. The molecule has 1 N–H and O–H groups in total. The molecule has 0 amide bonds. The van der Waals surface area contributed by atoms with Crippen LogP contribution < -0.4 is 5.32 Å². The summed E-state index contributed by atoms with van der Waals surface area (Å²) < 4.78 is 2.06. The normalized spacial score (nSPS) is 10.7. The highest BCUT2D eigenvalue weighted by Crippen LogP contribution is 2.01. The molecule has 0 unspecified atom stereocenters. The summed E-state index contributed by atoms with van der Waals surface area (Å²) in [7, 11) is 0. The average molecular weight is 244 g/mol. The van der Waals surface area contributed by atoms with Crippen LogP contribution in [0.25, 0.3) is 0 Å². The van der Waals surface area contributed by atoms with Gasteiger partial charge in [-0.05, 0) is 31.9 Å². The quantitative estimate of drug-likeness (QED) is 0.758. The highest BCUT2D eigenvalue weighted by Gasteiger charge is 2.00. The Bertz CT molecular complexity index is 450. The van der Waals surface area contributed by atoms with Gasteiger partial charge < -0.3 is 9.88 Å². The zero-order valence-electron chi connectivity index (χ0n) is 10.8. The molecule has 0 bridgehead atoms. The van der Waals surface area contributed by atoms with Crippen LogP contribution in [0, 0.1) is 0 Å². The molecule has 0 saturated heterocycles. The summed E-state index contributed by atoms with van der Waals surface area (Å²) in [6.07, 6.45) is 4.04. The predicted octanol–water partition coefficient (Wildman–Crippen LogP) is 2.02. The van der Waals surface area contributed by atoms with E-state index >= 15 is 0 Å². The molecule has 0 aliphatic carbocycles. The molecule has 18 heavy (non-hydrogen) atoms. The first kappa shape index (κ1) is 12.8. The van der Waals surface area contributed by atoms with Crippen molar-refractivity contribution in [1.29, 1.82) is 0 Å². The second-order valence-electron chi connectivity index (χ2n) is 4.30. The van der Waals surface area contributed by atoms with E-state index in [1.54, 1.807) is 6.33 Å². The third kappa shape index (κ3) is 3.67. The zero-order chi connectivity index (χ0) is 12.6. The minimum Gasteiger partial charge on any atom is -0.317 e. The Labute approximate surface area is 108 Å². The molecule has 0 fully saturated rings. The van der Waals surface area contributed by atoms with Gasteiger partial charge >= 0.3 is 0 Å². The summed E-state index contributed by atoms with van der Waals surface area (Å²) in [5, 5.41) is 11.4. The van der Waals surface area contributed by atoms with E-state index in [0.717, 1.165) is 38.3 Å². The van der Waals surface area contributed by atoms with E-state index in [-0.39, 0.29) is 0 Å². The molecular weight excluding hydrogens is 224 g/mol. The molecule has 0 aliphatic rings. The number of aryl methyl sites for hydroxylation is 2. The molecule has 96 valence electrons. The molecule has 1 aromatic carbocycles. The number of nitrogens with one attached hydrogen (secondary N) is 1. The lowest BCUT2D eigenvalue weighted by molar-refractivity contribution is 0.596. The van der Waals surface area contributed by atoms with Gasteiger partial charge in [-0.3, -0.25) is 0 Å². The van der Waals surface area contributed by atoms with Crippen LogP contribution in [-0.4, -0.2) is 21.3 Å². The predicted molar refractivity (Wildman–Crippen MR) is 72.2 cm³/mol. The van der Waals surface area contributed by atoms with Gasteiger partial charge in [0.15, 0.2) is 0 Å². The van der Waals surface area contributed by atoms with E-state index in [9.17, 15) is 0 Å². The van der Waals surface area contributed by atoms with Crippen molar-refractivity contribution in [1.82, 2.24) is 20.1 Å². The molecule has 0 radical (unpaired) electrons. The van der Waals surface area contributed by atoms with Gasteiger partial charge in [-0.2, -0.15) is 0 Å². The molecule has 0 spiro atoms. The highest BCUT2D eigenvalue weighted by molar-refractivity contribution is 5.14. The summed E-state index contributed by atoms with van der Waals surface area (Å²) in [4.78, 5) is 0. The Balaban J connectivity index is 1.65. The molecule has 0 aliphatic heterocycles. The van der Waals surface area contributed by atoms with Crippen LogP contribution in [0.4, 0.5) is 0 Å². The van der Waals surface area contributed by atoms with E-state index in [1.165, 1.54) is 5.56 Å². The summed E-state index contributed by atoms with van der Waals surface area (Å²) in [6.45, 7) is 4.82. The van der Waals surface area contributed by atoms with Crippen LogP contribution in [0.5, 0.6) is 0 Å². The maximum Gasteiger partial charge on any atom is 0.146 e. The van der Waals surface area contributed by atoms with Gasteiger partial charge in [-0.15, -0.1) is 10.2 Å². The molecule has 2 aromatic rings. The molecule has 0 atom stereocenters. The standard InChI is InChI=1S/C14H20N4/c1-2-18-12-16-17-14(18)11-15-10-6-9-13-7-4-3-5-8-13/h3-5,7-8,12,15H,2,6,9-11H2,1H3. The Hall–Kier alpha value is -1.68. The van der Waals surface area contributed by atoms with Gasteiger partial charge in [0.05, 0.1) is 6.54 Å². The molecule has 2 rings (SSSR count). The Kier molecular flexibility index (Phi) is 4.90. The first-order valence-corrected chi connectivity index (χ1v) is 6.51. The summed E-state index contributed by atoms with van der Waals surface area (Å²) in [5.41, 5.74) is 1.40. The van der Waals surface area contributed by atoms with Crippen molar-refractivity contribution < 1.29 is 0 Å². The van der Waals surface area contributed by atoms with E-state index in [4.69, 9.17) is 0 Å². The van der Waals surface area contributed by atoms with Gasteiger partial charge in [-0.1, -0.05) is 30.3 Å². The van der Waals surface area contributed by atoms with Crippen LogP contribution in [0.3, 0.4) is 0 Å². The summed E-state index contributed by atoms with van der Waals surface area (Å²) >= 11 is 0. The van der Waals surface area contributed by atoms with Crippen molar-refractivity contribution in [3.05, 3.63) is 48.0 Å². The van der Waals surface area contributed by atoms with E-state index in [0.29, 0.717) is 0 Å². The maximum absolute atomic E-state index is 4.09. The first-order valence-electron chi connectivity index (χ1n) is 6.51. The van der Waals surface area contributed by atoms with Gasteiger partial charge in [0.25, 0.3) is 0 Å². The van der Waals surface area contributed by atoms with E-state index in [2.05, 4.69) is 57.3 Å². The molecule has 1 aromatic heterocycles. The maximum atomic E-state index is 4.09. The number of benzene rings is 1. The lowest BCUT2D eigenvalue weighted by atomic mass is 10.1. The van der Waals surface area contributed by atoms with Gasteiger partial charge in [0.2, 0.25) is 0 Å². The molecule has 4 heteroatoms. The zero-order valence-corrected chi connectivity index (χ0v) is 10.8. The van der Waals surface area contributed by atoms with Crippen molar-refractivity contribution in [2.24, 2.45) is 0 Å². The lowest BCUT2D eigenvalue weighted by Crippen LogP contribution is -2.18. The third-order valence-corrected chi connectivity index (χ3v) is 2.98. The molecule has 0 saturated carbocycles. The van der Waals surface area contributed by atoms with Gasteiger partial charge in [-0.25, -0.2) is 0 Å². The SMILES string of the molecule is CCn1cnnc1CNCCCc1ccccc1. The first-order chi connectivity index (χ1) is 8.90. The number of hydrogen-bond donors (Lipinski definition) is 1. The van der Waals surface area contributed by atoms with Crippen molar-refractivity contribution in [3.8, 4) is 0 Å². The fourth-order valence-corrected chi connectivity index (χ4v) is 1.94. The van der Waals surface area contributed by atoms with E-state index < -0.39 is 0 Å². The number of hydrogen-bond acceptors (Lipinski definition) is 3. The van der Waals surface area contributed by atoms with Crippen LogP contribution in [-0.2, 0) is 19.5 Å². The summed E-state index contributed by atoms with van der Waals surface area (Å²) in [6, 6.07) is 10.6. The van der Waals surface area contributed by atoms with Gasteiger partial charge in [0, 0.05) is 6.54 Å². The topological polar surface area (TPSA) is 42.7 Å². The third-order valence-electron chi connectivity index (χ3n) is 2.98. The molecule has 1 heterocycles. The monoisotopic (exact) mass is 244 g/mol. The van der Waals surface area contributed by atoms with Gasteiger partial charge in [0.1, 0.15) is 12.2 Å². The van der Waals surface area contributed by atoms with Crippen LogP contribution in [0.15, 0.2) is 36.7 Å². The largest absolute Gasteiger partial charge is 0.317 e. The van der Waals surface area contributed by atoms with Crippen LogP contribution in [0.2, 0.25) is 0 Å². The number of rotatable bonds is 7. The molecule has 4 nitrogen and oxygen atoms in total. The van der Waals surface area contributed by atoms with Crippen LogP contribution >= 0.6 is 0 Å². The van der Waals surface area contributed by atoms with Crippen molar-refractivity contribution in [2.45, 2.75) is 32.9 Å². The number of nitrogens with zero attached hydrogens (tertiary/aromatic N) is 3. The lowest BCUT2D eigenvalue weighted by Gasteiger charge is -2.05. The van der Waals surface area contributed by atoms with E-state index in [1.807, 2.05) is 0 Å². The van der Waals surface area contributed by atoms with Crippen molar-refractivity contribution in [3.63, 3.8) is 0 Å². The second kappa shape index (κ2) is 6.91. The fourth-order valence-electron chi connectivity index (χ4n) is 1.94. The number of aromatic nitrogens is 3. The minimum absolute atomic E-state index is 0.794. The average Bonchev–Trinajstić information content (AvgIpc) is 2.87. The fraction of sp³-hybridized carbons (Fsp3) is 0.429. The molecular formula is C14H20N4. The smallest absolute Gasteiger partial charge is 0.146 e. The highest BCUT2D eigenvalue weighted by atomic mass is 15.3. The van der Waals surface area contributed by atoms with Crippen molar-refractivity contribution >= 4 is 0 Å². The Morgan fingerprint density at radius 1 is 1.22 bits per heavy atom.